The van der Waals surface area contributed by atoms with Crippen molar-refractivity contribution in [1.29, 1.82) is 0 Å². The van der Waals surface area contributed by atoms with Crippen molar-refractivity contribution in [2.75, 3.05) is 0 Å². The van der Waals surface area contributed by atoms with Crippen LogP contribution < -0.4 is 0 Å². The first-order chi connectivity index (χ1) is 17.9. The summed E-state index contributed by atoms with van der Waals surface area (Å²) in [5.74, 6) is 2.26. The van der Waals surface area contributed by atoms with Crippen molar-refractivity contribution in [2.24, 2.45) is 46.3 Å². The highest BCUT2D eigenvalue weighted by atomic mass is 16.6. The van der Waals surface area contributed by atoms with E-state index in [1.54, 1.807) is 0 Å². The third kappa shape index (κ3) is 4.39. The van der Waals surface area contributed by atoms with E-state index < -0.39 is 16.5 Å². The summed E-state index contributed by atoms with van der Waals surface area (Å²) in [5.41, 5.74) is -0.729. The molecule has 4 aliphatic rings. The van der Waals surface area contributed by atoms with Gasteiger partial charge in [0.1, 0.15) is 5.60 Å². The highest BCUT2D eigenvalue weighted by Gasteiger charge is 2.62. The molecule has 9 atom stereocenters. The molecule has 7 nitrogen and oxygen atoms in total. The van der Waals surface area contributed by atoms with Gasteiger partial charge >= 0.3 is 5.97 Å². The van der Waals surface area contributed by atoms with Gasteiger partial charge in [-0.2, -0.15) is 0 Å². The molecule has 0 radical (unpaired) electrons. The molecule has 4 fully saturated rings. The number of carbonyl (C=O) groups is 2. The minimum Gasteiger partial charge on any atom is -0.481 e. The number of hydrogen-bond donors (Lipinski definition) is 2. The van der Waals surface area contributed by atoms with Crippen LogP contribution in [-0.4, -0.2) is 32.5 Å². The van der Waals surface area contributed by atoms with Gasteiger partial charge in [0, 0.05) is 24.1 Å². The monoisotopic (exact) mass is 525 g/mol. The largest absolute Gasteiger partial charge is 0.481 e. The number of Topliss-reactive ketones (excluding diaryl/α,β-unsaturated/α-hetero) is 1. The van der Waals surface area contributed by atoms with Gasteiger partial charge in [-0.1, -0.05) is 20.8 Å². The second-order valence-electron chi connectivity index (χ2n) is 13.7. The Bertz CT molecular complexity index is 1100. The molecular formula is C31H43NO6. The number of nitrogens with zero attached hydrogens (tertiary/aromatic N) is 1. The smallest absolute Gasteiger partial charge is 0.303 e. The minimum absolute atomic E-state index is 0.0576. The first-order valence-electron chi connectivity index (χ1n) is 14.6. The number of hydrogen-bond acceptors (Lipinski definition) is 5. The van der Waals surface area contributed by atoms with Gasteiger partial charge in [-0.15, -0.1) is 0 Å². The van der Waals surface area contributed by atoms with Gasteiger partial charge in [0.25, 0.3) is 5.69 Å². The fraction of sp³-hybridized carbons (Fsp3) is 0.742. The number of rotatable bonds is 7. The number of nitro groups is 1. The molecule has 5 rings (SSSR count). The number of benzene rings is 1. The summed E-state index contributed by atoms with van der Waals surface area (Å²) in [6, 6.07) is 5.62. The van der Waals surface area contributed by atoms with Crippen molar-refractivity contribution < 1.29 is 24.7 Å². The molecule has 0 heterocycles. The Labute approximate surface area is 225 Å². The first-order valence-corrected chi connectivity index (χ1v) is 14.6. The Morgan fingerprint density at radius 1 is 1.00 bits per heavy atom. The number of carboxylic acid groups (broad SMARTS) is 1. The summed E-state index contributed by atoms with van der Waals surface area (Å²) in [7, 11) is 0. The van der Waals surface area contributed by atoms with Gasteiger partial charge < -0.3 is 10.2 Å². The lowest BCUT2D eigenvalue weighted by atomic mass is 9.43. The molecular weight excluding hydrogens is 482 g/mol. The van der Waals surface area contributed by atoms with E-state index in [1.165, 1.54) is 49.9 Å². The first kappa shape index (κ1) is 27.3. The number of carboxylic acids is 1. The minimum atomic E-state index is -1.41. The van der Waals surface area contributed by atoms with E-state index in [0.717, 1.165) is 25.7 Å². The fourth-order valence-corrected chi connectivity index (χ4v) is 9.98. The second kappa shape index (κ2) is 9.72. The number of non-ortho nitro benzene ring substituents is 1. The van der Waals surface area contributed by atoms with E-state index in [2.05, 4.69) is 20.8 Å². The van der Waals surface area contributed by atoms with Crippen molar-refractivity contribution in [3.63, 3.8) is 0 Å². The average Bonchev–Trinajstić information content (AvgIpc) is 3.24. The zero-order chi connectivity index (χ0) is 27.5. The molecule has 1 aromatic carbocycles. The van der Waals surface area contributed by atoms with Gasteiger partial charge in [0.2, 0.25) is 0 Å². The number of ketones is 1. The summed E-state index contributed by atoms with van der Waals surface area (Å²) in [6.45, 7) is 7.16. The Kier molecular flexibility index (Phi) is 6.98. The van der Waals surface area contributed by atoms with Crippen LogP contribution in [0.15, 0.2) is 24.3 Å². The zero-order valence-corrected chi connectivity index (χ0v) is 23.0. The maximum Gasteiger partial charge on any atom is 0.303 e. The number of aliphatic carboxylic acids is 1. The molecule has 0 aliphatic heterocycles. The topological polar surface area (TPSA) is 118 Å². The predicted molar refractivity (Wildman–Crippen MR) is 144 cm³/mol. The Morgan fingerprint density at radius 3 is 2.34 bits per heavy atom. The van der Waals surface area contributed by atoms with Gasteiger partial charge in [0.05, 0.1) is 4.92 Å². The van der Waals surface area contributed by atoms with E-state index in [1.807, 2.05) is 0 Å². The van der Waals surface area contributed by atoms with E-state index in [-0.39, 0.29) is 28.7 Å². The maximum absolute atomic E-state index is 13.4. The second-order valence-corrected chi connectivity index (χ2v) is 13.7. The van der Waals surface area contributed by atoms with Crippen LogP contribution in [-0.2, 0) is 4.79 Å². The van der Waals surface area contributed by atoms with Crippen LogP contribution in [0.1, 0.15) is 102 Å². The molecule has 0 amide bonds. The van der Waals surface area contributed by atoms with E-state index in [4.69, 9.17) is 0 Å². The van der Waals surface area contributed by atoms with Crippen molar-refractivity contribution in [2.45, 2.75) is 97.0 Å². The van der Waals surface area contributed by atoms with Crippen LogP contribution in [0.2, 0.25) is 0 Å². The molecule has 2 N–H and O–H groups in total. The predicted octanol–water partition coefficient (Wildman–Crippen LogP) is 6.67. The lowest BCUT2D eigenvalue weighted by Crippen LogP contribution is -2.57. The molecule has 0 bridgehead atoms. The van der Waals surface area contributed by atoms with Crippen LogP contribution in [0.5, 0.6) is 0 Å². The van der Waals surface area contributed by atoms with Gasteiger partial charge in [0.15, 0.2) is 5.78 Å². The van der Waals surface area contributed by atoms with Crippen LogP contribution in [0.25, 0.3) is 0 Å². The molecule has 4 aliphatic carbocycles. The van der Waals surface area contributed by atoms with Gasteiger partial charge in [-0.3, -0.25) is 19.7 Å². The van der Waals surface area contributed by atoms with Crippen LogP contribution in [0.4, 0.5) is 5.69 Å². The summed E-state index contributed by atoms with van der Waals surface area (Å²) in [6.07, 6.45) is 9.74. The number of fused-ring (bicyclic) bond motifs is 5. The van der Waals surface area contributed by atoms with E-state index in [9.17, 15) is 29.9 Å². The summed E-state index contributed by atoms with van der Waals surface area (Å²) in [4.78, 5) is 35.1. The average molecular weight is 526 g/mol. The molecule has 1 unspecified atom stereocenters. The number of nitro benzene ring substituents is 1. The quantitative estimate of drug-likeness (QED) is 0.233. The lowest BCUT2D eigenvalue weighted by Gasteiger charge is -2.62. The van der Waals surface area contributed by atoms with E-state index >= 15 is 0 Å². The van der Waals surface area contributed by atoms with Gasteiger partial charge in [-0.05, 0) is 123 Å². The third-order valence-electron chi connectivity index (χ3n) is 12.1. The summed E-state index contributed by atoms with van der Waals surface area (Å²) < 4.78 is 0. The van der Waals surface area contributed by atoms with Crippen molar-refractivity contribution in [3.8, 4) is 0 Å². The fourth-order valence-electron chi connectivity index (χ4n) is 9.98. The normalized spacial score (nSPS) is 40.9. The summed E-state index contributed by atoms with van der Waals surface area (Å²) >= 11 is 0. The molecule has 1 aromatic rings. The Hall–Kier alpha value is -2.28. The summed E-state index contributed by atoms with van der Waals surface area (Å²) in [5, 5.41) is 31.8. The molecule has 0 spiro atoms. The van der Waals surface area contributed by atoms with Crippen LogP contribution >= 0.6 is 0 Å². The number of carbonyl (C=O) groups excluding carboxylic acids is 1. The molecule has 7 heteroatoms. The molecule has 0 aromatic heterocycles. The van der Waals surface area contributed by atoms with Crippen LogP contribution in [0.3, 0.4) is 0 Å². The molecule has 0 saturated heterocycles. The molecule has 4 saturated carbocycles. The lowest BCUT2D eigenvalue weighted by molar-refractivity contribution is -0.384. The van der Waals surface area contributed by atoms with Gasteiger partial charge in [-0.25, -0.2) is 0 Å². The zero-order valence-electron chi connectivity index (χ0n) is 23.0. The molecule has 208 valence electrons. The Balaban J connectivity index is 1.30. The third-order valence-corrected chi connectivity index (χ3v) is 12.1. The van der Waals surface area contributed by atoms with Crippen LogP contribution in [0, 0.1) is 56.5 Å². The van der Waals surface area contributed by atoms with Crippen molar-refractivity contribution in [1.82, 2.24) is 0 Å². The van der Waals surface area contributed by atoms with Crippen molar-refractivity contribution in [3.05, 3.63) is 39.9 Å². The van der Waals surface area contributed by atoms with E-state index in [0.29, 0.717) is 53.9 Å². The standard InChI is InChI=1S/C31H43NO6/c1-19(4-13-27(33)34)24-11-12-25-23-10-7-21-18-31(36,28(35)20-5-8-22(9-6-20)32(37)38)17-16-29(21,2)26(23)14-15-30(24,25)3/h5-6,8-9,19,21,23-26,36H,4,7,10-18H2,1-3H3,(H,33,34)/t19-,21?,23+,24-,25+,26+,29+,30-,31-/m1/s1. The maximum atomic E-state index is 13.4. The highest BCUT2D eigenvalue weighted by molar-refractivity contribution is 6.02. The molecule has 38 heavy (non-hydrogen) atoms. The SMILES string of the molecule is C[C@H](CCC(=O)O)[C@H]1CC[C@H]2[C@@H]3CCC4C[C@@](O)(C(=O)c5ccc([N+](=O)[O-])cc5)CC[C@]4(C)[C@H]3CC[C@]12C. The van der Waals surface area contributed by atoms with Crippen molar-refractivity contribution >= 4 is 17.4 Å². The Morgan fingerprint density at radius 2 is 1.68 bits per heavy atom. The highest BCUT2D eigenvalue weighted by Crippen LogP contribution is 2.69. The number of aliphatic hydroxyl groups is 1.